The highest BCUT2D eigenvalue weighted by Crippen LogP contribution is 2.25. The van der Waals surface area contributed by atoms with E-state index >= 15 is 0 Å². The number of piperazine rings is 1. The highest BCUT2D eigenvalue weighted by atomic mass is 16.5. The molecule has 1 atom stereocenters. The van der Waals surface area contributed by atoms with Crippen LogP contribution in [-0.4, -0.2) is 55.4 Å². The van der Waals surface area contributed by atoms with Gasteiger partial charge in [0.05, 0.1) is 0 Å². The molecule has 3 aromatic rings. The van der Waals surface area contributed by atoms with Gasteiger partial charge in [0, 0.05) is 43.8 Å². The summed E-state index contributed by atoms with van der Waals surface area (Å²) in [4.78, 5) is 4.73. The lowest BCUT2D eigenvalue weighted by Gasteiger charge is -2.36. The number of rotatable bonds is 6. The third kappa shape index (κ3) is 4.46. The van der Waals surface area contributed by atoms with Crippen molar-refractivity contribution in [1.82, 2.24) is 4.90 Å². The lowest BCUT2D eigenvalue weighted by Crippen LogP contribution is -2.49. The van der Waals surface area contributed by atoms with Crippen molar-refractivity contribution in [3.8, 4) is 5.75 Å². The number of hydrogen-bond donors (Lipinski definition) is 1. The number of aryl methyl sites for hydroxylation is 1. The average Bonchev–Trinajstić information content (AvgIpc) is 2.73. The Kier molecular flexibility index (Phi) is 5.79. The number of fused-ring (bicyclic) bond motifs is 1. The number of β-amino-alcohol motifs (C(OH)–C–C–N with tert-alkyl or cyclic N) is 1. The van der Waals surface area contributed by atoms with Crippen molar-refractivity contribution in [1.29, 1.82) is 0 Å². The van der Waals surface area contributed by atoms with E-state index in [1.54, 1.807) is 0 Å². The fraction of sp³-hybridized carbons (Fsp3) is 0.333. The van der Waals surface area contributed by atoms with Gasteiger partial charge < -0.3 is 14.7 Å². The van der Waals surface area contributed by atoms with Crippen molar-refractivity contribution < 1.29 is 9.84 Å². The molecule has 1 aliphatic heterocycles. The van der Waals surface area contributed by atoms with E-state index in [1.165, 1.54) is 11.3 Å². The third-order valence-corrected chi connectivity index (χ3v) is 5.42. The standard InChI is InChI=1S/C24H28N2O2/c1-19-9-11-21(12-10-19)26-15-13-25(14-16-26)17-22(27)18-28-24-8-4-6-20-5-2-3-7-23(20)24/h2-12,22,27H,13-18H2,1H3/t22-/m0/s1. The van der Waals surface area contributed by atoms with E-state index in [2.05, 4.69) is 59.2 Å². The van der Waals surface area contributed by atoms with Crippen LogP contribution in [0.2, 0.25) is 0 Å². The average molecular weight is 377 g/mol. The molecule has 0 aromatic heterocycles. The number of anilines is 1. The molecule has 0 radical (unpaired) electrons. The van der Waals surface area contributed by atoms with Crippen LogP contribution in [0, 0.1) is 6.92 Å². The van der Waals surface area contributed by atoms with Crippen LogP contribution in [0.4, 0.5) is 5.69 Å². The molecule has 0 saturated carbocycles. The first kappa shape index (κ1) is 18.8. The van der Waals surface area contributed by atoms with Crippen molar-refractivity contribution in [2.75, 3.05) is 44.2 Å². The minimum Gasteiger partial charge on any atom is -0.490 e. The summed E-state index contributed by atoms with van der Waals surface area (Å²) in [5, 5.41) is 12.7. The molecule has 146 valence electrons. The Morgan fingerprint density at radius 3 is 2.39 bits per heavy atom. The molecule has 4 nitrogen and oxygen atoms in total. The Morgan fingerprint density at radius 2 is 1.61 bits per heavy atom. The van der Waals surface area contributed by atoms with Gasteiger partial charge in [-0.15, -0.1) is 0 Å². The second-order valence-electron chi connectivity index (χ2n) is 7.57. The summed E-state index contributed by atoms with van der Waals surface area (Å²) in [5.41, 5.74) is 2.57. The van der Waals surface area contributed by atoms with Gasteiger partial charge in [-0.1, -0.05) is 54.1 Å². The molecule has 0 aliphatic carbocycles. The Balaban J connectivity index is 1.26. The largest absolute Gasteiger partial charge is 0.490 e. The summed E-state index contributed by atoms with van der Waals surface area (Å²) in [6.07, 6.45) is -0.495. The lowest BCUT2D eigenvalue weighted by molar-refractivity contribution is 0.0668. The number of aliphatic hydroxyl groups excluding tert-OH is 1. The van der Waals surface area contributed by atoms with Crippen molar-refractivity contribution in [3.05, 3.63) is 72.3 Å². The summed E-state index contributed by atoms with van der Waals surface area (Å²) in [5.74, 6) is 0.835. The molecule has 0 bridgehead atoms. The van der Waals surface area contributed by atoms with E-state index in [9.17, 15) is 5.11 Å². The van der Waals surface area contributed by atoms with E-state index in [-0.39, 0.29) is 0 Å². The molecular weight excluding hydrogens is 348 g/mol. The van der Waals surface area contributed by atoms with E-state index < -0.39 is 6.10 Å². The first-order valence-corrected chi connectivity index (χ1v) is 10.0. The monoisotopic (exact) mass is 376 g/mol. The van der Waals surface area contributed by atoms with Gasteiger partial charge in [-0.05, 0) is 30.5 Å². The first-order valence-electron chi connectivity index (χ1n) is 10.0. The second kappa shape index (κ2) is 8.63. The minimum absolute atomic E-state index is 0.312. The number of ether oxygens (including phenoxy) is 1. The predicted octanol–water partition coefficient (Wildman–Crippen LogP) is 3.71. The van der Waals surface area contributed by atoms with Crippen LogP contribution in [0.5, 0.6) is 5.75 Å². The molecule has 0 unspecified atom stereocenters. The fourth-order valence-corrected chi connectivity index (χ4v) is 3.80. The fourth-order valence-electron chi connectivity index (χ4n) is 3.80. The molecule has 3 aromatic carbocycles. The van der Waals surface area contributed by atoms with Crippen molar-refractivity contribution in [2.45, 2.75) is 13.0 Å². The van der Waals surface area contributed by atoms with Crippen LogP contribution < -0.4 is 9.64 Å². The smallest absolute Gasteiger partial charge is 0.127 e. The highest BCUT2D eigenvalue weighted by molar-refractivity contribution is 5.88. The Bertz CT molecular complexity index is 897. The molecule has 1 fully saturated rings. The Labute approximate surface area is 167 Å². The number of benzene rings is 3. The molecule has 1 aliphatic rings. The van der Waals surface area contributed by atoms with Gasteiger partial charge in [-0.2, -0.15) is 0 Å². The second-order valence-corrected chi connectivity index (χ2v) is 7.57. The van der Waals surface area contributed by atoms with Crippen molar-refractivity contribution in [3.63, 3.8) is 0 Å². The zero-order valence-corrected chi connectivity index (χ0v) is 16.4. The summed E-state index contributed by atoms with van der Waals surface area (Å²) >= 11 is 0. The van der Waals surface area contributed by atoms with Crippen LogP contribution in [0.1, 0.15) is 5.56 Å². The maximum atomic E-state index is 10.5. The third-order valence-electron chi connectivity index (χ3n) is 5.42. The molecule has 28 heavy (non-hydrogen) atoms. The van der Waals surface area contributed by atoms with Crippen LogP contribution in [-0.2, 0) is 0 Å². The number of nitrogens with zero attached hydrogens (tertiary/aromatic N) is 2. The summed E-state index contributed by atoms with van der Waals surface area (Å²) in [6, 6.07) is 22.9. The highest BCUT2D eigenvalue weighted by Gasteiger charge is 2.20. The lowest BCUT2D eigenvalue weighted by atomic mass is 10.1. The first-order chi connectivity index (χ1) is 13.7. The van der Waals surface area contributed by atoms with E-state index in [4.69, 9.17) is 4.74 Å². The molecule has 4 rings (SSSR count). The van der Waals surface area contributed by atoms with E-state index in [0.717, 1.165) is 42.7 Å². The molecule has 1 saturated heterocycles. The molecule has 1 heterocycles. The topological polar surface area (TPSA) is 35.9 Å². The van der Waals surface area contributed by atoms with Crippen LogP contribution >= 0.6 is 0 Å². The number of aliphatic hydroxyl groups is 1. The Morgan fingerprint density at radius 1 is 0.893 bits per heavy atom. The molecular formula is C24H28N2O2. The van der Waals surface area contributed by atoms with Gasteiger partial charge in [-0.3, -0.25) is 4.90 Å². The quantitative estimate of drug-likeness (QED) is 0.711. The molecule has 0 spiro atoms. The maximum absolute atomic E-state index is 10.5. The van der Waals surface area contributed by atoms with Gasteiger partial charge in [0.15, 0.2) is 0 Å². The molecule has 0 amide bonds. The summed E-state index contributed by atoms with van der Waals surface area (Å²) in [6.45, 7) is 6.96. The zero-order valence-electron chi connectivity index (χ0n) is 16.4. The van der Waals surface area contributed by atoms with Gasteiger partial charge in [-0.25, -0.2) is 0 Å². The normalized spacial score (nSPS) is 16.3. The maximum Gasteiger partial charge on any atom is 0.127 e. The van der Waals surface area contributed by atoms with Gasteiger partial charge >= 0.3 is 0 Å². The van der Waals surface area contributed by atoms with Crippen molar-refractivity contribution in [2.24, 2.45) is 0 Å². The van der Waals surface area contributed by atoms with Gasteiger partial charge in [0.2, 0.25) is 0 Å². The Hall–Kier alpha value is -2.56. The summed E-state index contributed by atoms with van der Waals surface area (Å²) < 4.78 is 5.94. The minimum atomic E-state index is -0.495. The number of hydrogen-bond acceptors (Lipinski definition) is 4. The van der Waals surface area contributed by atoms with Crippen LogP contribution in [0.3, 0.4) is 0 Å². The molecule has 1 N–H and O–H groups in total. The summed E-state index contributed by atoms with van der Waals surface area (Å²) in [7, 11) is 0. The van der Waals surface area contributed by atoms with Gasteiger partial charge in [0.25, 0.3) is 0 Å². The van der Waals surface area contributed by atoms with Crippen LogP contribution in [0.25, 0.3) is 10.8 Å². The molecule has 4 heteroatoms. The van der Waals surface area contributed by atoms with E-state index in [0.29, 0.717) is 13.2 Å². The van der Waals surface area contributed by atoms with E-state index in [1.807, 2.05) is 24.3 Å². The van der Waals surface area contributed by atoms with Gasteiger partial charge in [0.1, 0.15) is 18.5 Å². The van der Waals surface area contributed by atoms with Crippen LogP contribution in [0.15, 0.2) is 66.7 Å². The van der Waals surface area contributed by atoms with Crippen molar-refractivity contribution >= 4 is 16.5 Å². The zero-order chi connectivity index (χ0) is 19.3. The SMILES string of the molecule is Cc1ccc(N2CCN(C[C@H](O)COc3cccc4ccccc34)CC2)cc1. The predicted molar refractivity (Wildman–Crippen MR) is 115 cm³/mol.